The normalized spacial score (nSPS) is 11.9. The van der Waals surface area contributed by atoms with E-state index in [1.807, 2.05) is 22.6 Å². The van der Waals surface area contributed by atoms with Gasteiger partial charge in [0, 0.05) is 6.20 Å². The van der Waals surface area contributed by atoms with Crippen LogP contribution in [0.1, 0.15) is 42.1 Å². The molecule has 0 saturated carbocycles. The highest BCUT2D eigenvalue weighted by molar-refractivity contribution is 5.54. The first-order chi connectivity index (χ1) is 10.9. The quantitative estimate of drug-likeness (QED) is 0.564. The molecule has 0 unspecified atom stereocenters. The largest absolute Gasteiger partial charge is 0.283 e. The Hall–Kier alpha value is -2.49. The molecular weight excluding hydrogens is 284 g/mol. The number of benzene rings is 1. The molecular formula is C19H22N4. The van der Waals surface area contributed by atoms with Crippen LogP contribution in [0.4, 0.5) is 11.5 Å². The van der Waals surface area contributed by atoms with Gasteiger partial charge < -0.3 is 0 Å². The number of fused-ring (bicyclic) bond motifs is 1. The first-order valence-electron chi connectivity index (χ1n) is 7.92. The second kappa shape index (κ2) is 5.95. The lowest BCUT2D eigenvalue weighted by Gasteiger charge is -2.03. The SMILES string of the molecule is Cc1cc(C)cc(N=Nc2c(C(C)C)nc3ccc(C)cn23)c1. The fourth-order valence-corrected chi connectivity index (χ4v) is 2.76. The molecule has 3 rings (SSSR count). The number of aryl methyl sites for hydroxylation is 3. The van der Waals surface area contributed by atoms with Crippen LogP contribution in [0.3, 0.4) is 0 Å². The number of hydrogen-bond donors (Lipinski definition) is 0. The maximum absolute atomic E-state index is 4.71. The maximum atomic E-state index is 4.71. The van der Waals surface area contributed by atoms with Gasteiger partial charge in [-0.3, -0.25) is 4.40 Å². The minimum Gasteiger partial charge on any atom is -0.283 e. The molecule has 0 aliphatic carbocycles. The van der Waals surface area contributed by atoms with Crippen molar-refractivity contribution in [2.24, 2.45) is 10.2 Å². The smallest absolute Gasteiger partial charge is 0.183 e. The van der Waals surface area contributed by atoms with Gasteiger partial charge in [0.1, 0.15) is 5.65 Å². The topological polar surface area (TPSA) is 42.0 Å². The van der Waals surface area contributed by atoms with Crippen LogP contribution in [0.2, 0.25) is 0 Å². The molecule has 2 heterocycles. The van der Waals surface area contributed by atoms with E-state index in [4.69, 9.17) is 4.98 Å². The number of azo groups is 1. The Morgan fingerprint density at radius 1 is 0.913 bits per heavy atom. The average Bonchev–Trinajstić information content (AvgIpc) is 2.82. The van der Waals surface area contributed by atoms with Crippen molar-refractivity contribution in [3.05, 3.63) is 58.9 Å². The number of nitrogens with zero attached hydrogens (tertiary/aromatic N) is 4. The Labute approximate surface area is 136 Å². The van der Waals surface area contributed by atoms with Gasteiger partial charge >= 0.3 is 0 Å². The van der Waals surface area contributed by atoms with Crippen molar-refractivity contribution in [3.63, 3.8) is 0 Å². The van der Waals surface area contributed by atoms with Crippen molar-refractivity contribution in [1.82, 2.24) is 9.38 Å². The number of hydrogen-bond acceptors (Lipinski definition) is 3. The van der Waals surface area contributed by atoms with Crippen molar-refractivity contribution in [2.75, 3.05) is 0 Å². The highest BCUT2D eigenvalue weighted by Crippen LogP contribution is 2.30. The Bertz CT molecular complexity index is 868. The Kier molecular flexibility index (Phi) is 3.99. The van der Waals surface area contributed by atoms with E-state index in [0.717, 1.165) is 22.8 Å². The molecule has 1 aromatic carbocycles. The molecule has 0 atom stereocenters. The summed E-state index contributed by atoms with van der Waals surface area (Å²) in [6.07, 6.45) is 2.06. The number of pyridine rings is 1. The zero-order valence-electron chi connectivity index (χ0n) is 14.3. The third kappa shape index (κ3) is 3.16. The lowest BCUT2D eigenvalue weighted by atomic mass is 10.1. The summed E-state index contributed by atoms with van der Waals surface area (Å²) in [5.41, 5.74) is 6.32. The molecule has 0 amide bonds. The molecule has 4 nitrogen and oxygen atoms in total. The molecule has 0 fully saturated rings. The predicted molar refractivity (Wildman–Crippen MR) is 94.1 cm³/mol. The highest BCUT2D eigenvalue weighted by Gasteiger charge is 2.15. The third-order valence-electron chi connectivity index (χ3n) is 3.78. The van der Waals surface area contributed by atoms with Crippen molar-refractivity contribution in [3.8, 4) is 0 Å². The molecule has 0 radical (unpaired) electrons. The van der Waals surface area contributed by atoms with Crippen molar-refractivity contribution < 1.29 is 0 Å². The van der Waals surface area contributed by atoms with Gasteiger partial charge in [0.25, 0.3) is 0 Å². The first-order valence-corrected chi connectivity index (χ1v) is 7.92. The van der Waals surface area contributed by atoms with E-state index in [1.165, 1.54) is 16.7 Å². The summed E-state index contributed by atoms with van der Waals surface area (Å²) in [4.78, 5) is 4.71. The van der Waals surface area contributed by atoms with Crippen molar-refractivity contribution in [2.45, 2.75) is 40.5 Å². The van der Waals surface area contributed by atoms with E-state index in [9.17, 15) is 0 Å². The van der Waals surface area contributed by atoms with Gasteiger partial charge in [-0.1, -0.05) is 26.0 Å². The molecule has 0 aliphatic heterocycles. The molecule has 3 aromatic rings. The predicted octanol–water partition coefficient (Wildman–Crippen LogP) is 5.80. The summed E-state index contributed by atoms with van der Waals surface area (Å²) in [7, 11) is 0. The summed E-state index contributed by atoms with van der Waals surface area (Å²) in [6, 6.07) is 10.3. The van der Waals surface area contributed by atoms with Crippen LogP contribution in [-0.2, 0) is 0 Å². The van der Waals surface area contributed by atoms with E-state index in [-0.39, 0.29) is 0 Å². The fourth-order valence-electron chi connectivity index (χ4n) is 2.76. The Morgan fingerprint density at radius 2 is 1.61 bits per heavy atom. The van der Waals surface area contributed by atoms with E-state index in [0.29, 0.717) is 5.92 Å². The van der Waals surface area contributed by atoms with Gasteiger partial charge in [0.05, 0.1) is 11.4 Å². The number of rotatable bonds is 3. The standard InChI is InChI=1S/C19H22N4/c1-12(2)18-19(23-11-13(3)6-7-17(23)20-18)22-21-16-9-14(4)8-15(5)10-16/h6-12H,1-5H3. The molecule has 0 N–H and O–H groups in total. The minimum absolute atomic E-state index is 0.295. The Balaban J connectivity index is 2.12. The van der Waals surface area contributed by atoms with Gasteiger partial charge in [-0.2, -0.15) is 0 Å². The second-order valence-corrected chi connectivity index (χ2v) is 6.46. The first kappa shape index (κ1) is 15.4. The molecule has 2 aromatic heterocycles. The highest BCUT2D eigenvalue weighted by atomic mass is 15.2. The van der Waals surface area contributed by atoms with Crippen LogP contribution in [0.25, 0.3) is 5.65 Å². The third-order valence-corrected chi connectivity index (χ3v) is 3.78. The minimum atomic E-state index is 0.295. The molecule has 4 heteroatoms. The molecule has 118 valence electrons. The number of aromatic nitrogens is 2. The average molecular weight is 306 g/mol. The summed E-state index contributed by atoms with van der Waals surface area (Å²) >= 11 is 0. The van der Waals surface area contributed by atoms with Gasteiger partial charge in [0.2, 0.25) is 0 Å². The van der Waals surface area contributed by atoms with Crippen LogP contribution in [0, 0.1) is 20.8 Å². The van der Waals surface area contributed by atoms with Gasteiger partial charge in [0.15, 0.2) is 5.82 Å². The van der Waals surface area contributed by atoms with Crippen molar-refractivity contribution in [1.29, 1.82) is 0 Å². The summed E-state index contributed by atoms with van der Waals surface area (Å²) < 4.78 is 2.02. The second-order valence-electron chi connectivity index (χ2n) is 6.46. The summed E-state index contributed by atoms with van der Waals surface area (Å²) in [5.74, 6) is 1.11. The Morgan fingerprint density at radius 3 is 2.26 bits per heavy atom. The molecule has 23 heavy (non-hydrogen) atoms. The lowest BCUT2D eigenvalue weighted by Crippen LogP contribution is -1.88. The van der Waals surface area contributed by atoms with Crippen molar-refractivity contribution >= 4 is 17.2 Å². The van der Waals surface area contributed by atoms with Crippen LogP contribution in [-0.4, -0.2) is 9.38 Å². The van der Waals surface area contributed by atoms with Gasteiger partial charge in [-0.15, -0.1) is 10.2 Å². The lowest BCUT2D eigenvalue weighted by molar-refractivity contribution is 0.831. The van der Waals surface area contributed by atoms with E-state index < -0.39 is 0 Å². The van der Waals surface area contributed by atoms with E-state index in [2.05, 4.69) is 63.2 Å². The van der Waals surface area contributed by atoms with Crippen LogP contribution in [0.15, 0.2) is 46.8 Å². The zero-order valence-corrected chi connectivity index (χ0v) is 14.3. The van der Waals surface area contributed by atoms with Crippen LogP contribution in [0.5, 0.6) is 0 Å². The maximum Gasteiger partial charge on any atom is 0.183 e. The number of imidazole rings is 1. The molecule has 0 spiro atoms. The van der Waals surface area contributed by atoms with Gasteiger partial charge in [-0.05, 0) is 61.6 Å². The van der Waals surface area contributed by atoms with Gasteiger partial charge in [-0.25, -0.2) is 4.98 Å². The van der Waals surface area contributed by atoms with E-state index in [1.54, 1.807) is 0 Å². The summed E-state index contributed by atoms with van der Waals surface area (Å²) in [5, 5.41) is 8.99. The zero-order chi connectivity index (χ0) is 16.6. The molecule has 0 bridgehead atoms. The molecule has 0 aliphatic rings. The monoisotopic (exact) mass is 306 g/mol. The fraction of sp³-hybridized carbons (Fsp3) is 0.316. The summed E-state index contributed by atoms with van der Waals surface area (Å²) in [6.45, 7) is 10.5. The van der Waals surface area contributed by atoms with Crippen LogP contribution < -0.4 is 0 Å². The molecule has 0 saturated heterocycles. The van der Waals surface area contributed by atoms with E-state index >= 15 is 0 Å². The van der Waals surface area contributed by atoms with Crippen LogP contribution >= 0.6 is 0 Å².